The fourth-order valence-corrected chi connectivity index (χ4v) is 2.31. The maximum absolute atomic E-state index is 12.8. The summed E-state index contributed by atoms with van der Waals surface area (Å²) in [6.07, 6.45) is -2.77. The van der Waals surface area contributed by atoms with E-state index < -0.39 is 30.8 Å². The first-order valence-corrected chi connectivity index (χ1v) is 7.17. The van der Waals surface area contributed by atoms with Crippen LogP contribution in [-0.2, 0) is 9.63 Å². The second-order valence-electron chi connectivity index (χ2n) is 5.04. The number of hydrogen-bond acceptors (Lipinski definition) is 5. The number of benzene rings is 2. The predicted octanol–water partition coefficient (Wildman–Crippen LogP) is 2.76. The van der Waals surface area contributed by atoms with E-state index in [0.717, 1.165) is 6.07 Å². The van der Waals surface area contributed by atoms with E-state index in [0.29, 0.717) is 5.06 Å². The Morgan fingerprint density at radius 3 is 2.12 bits per heavy atom. The van der Waals surface area contributed by atoms with Crippen LogP contribution in [0.25, 0.3) is 0 Å². The summed E-state index contributed by atoms with van der Waals surface area (Å²) in [5, 5.41) is 0.329. The van der Waals surface area contributed by atoms with Crippen LogP contribution in [0.15, 0.2) is 48.5 Å². The van der Waals surface area contributed by atoms with Crippen molar-refractivity contribution in [1.29, 1.82) is 0 Å². The van der Waals surface area contributed by atoms with Crippen LogP contribution in [0.2, 0.25) is 0 Å². The molecule has 2 amide bonds. The highest BCUT2D eigenvalue weighted by atomic mass is 19.3. The van der Waals surface area contributed by atoms with E-state index in [1.807, 2.05) is 0 Å². The molecule has 0 bridgehead atoms. The maximum Gasteiger partial charge on any atom is 0.370 e. The van der Waals surface area contributed by atoms with Crippen molar-refractivity contribution in [3.05, 3.63) is 65.2 Å². The van der Waals surface area contributed by atoms with E-state index >= 15 is 0 Å². The van der Waals surface area contributed by atoms with E-state index in [1.165, 1.54) is 30.3 Å². The Morgan fingerprint density at radius 2 is 1.52 bits per heavy atom. The Bertz CT molecular complexity index is 817. The molecule has 128 valence electrons. The normalized spacial score (nSPS) is 13.2. The molecule has 0 radical (unpaired) electrons. The minimum Gasteiger partial charge on any atom is -0.481 e. The number of fused-ring (bicyclic) bond motifs is 1. The molecule has 3 rings (SSSR count). The van der Waals surface area contributed by atoms with Crippen molar-refractivity contribution in [2.75, 3.05) is 6.61 Å². The summed E-state index contributed by atoms with van der Waals surface area (Å²) in [5.74, 6) is -2.81. The molecule has 2 aromatic carbocycles. The molecule has 2 aromatic rings. The second kappa shape index (κ2) is 6.68. The fourth-order valence-electron chi connectivity index (χ4n) is 2.31. The second-order valence-corrected chi connectivity index (χ2v) is 5.04. The first kappa shape index (κ1) is 16.6. The summed E-state index contributed by atoms with van der Waals surface area (Å²) in [4.78, 5) is 40.6. The van der Waals surface area contributed by atoms with Gasteiger partial charge in [0, 0.05) is 0 Å². The summed E-state index contributed by atoms with van der Waals surface area (Å²) in [6, 6.07) is 11.3. The number of rotatable bonds is 5. The Labute approximate surface area is 140 Å². The van der Waals surface area contributed by atoms with Crippen molar-refractivity contribution in [1.82, 2.24) is 5.06 Å². The fraction of sp³-hybridized carbons (Fsp3) is 0.118. The Morgan fingerprint density at radius 1 is 0.960 bits per heavy atom. The van der Waals surface area contributed by atoms with Crippen molar-refractivity contribution in [2.45, 2.75) is 6.43 Å². The first-order chi connectivity index (χ1) is 12.0. The van der Waals surface area contributed by atoms with Gasteiger partial charge in [0.25, 0.3) is 18.2 Å². The topological polar surface area (TPSA) is 72.9 Å². The minimum absolute atomic E-state index is 0.115. The number of imide groups is 1. The zero-order valence-electron chi connectivity index (χ0n) is 12.6. The SMILES string of the molecule is O=C(COc1ccccc1C(F)F)ON1C(=O)c2ccccc2C1=O. The molecule has 0 saturated carbocycles. The van der Waals surface area contributed by atoms with Crippen molar-refractivity contribution >= 4 is 17.8 Å². The van der Waals surface area contributed by atoms with Crippen LogP contribution in [0.1, 0.15) is 32.7 Å². The van der Waals surface area contributed by atoms with Crippen LogP contribution >= 0.6 is 0 Å². The van der Waals surface area contributed by atoms with Gasteiger partial charge < -0.3 is 9.57 Å². The average molecular weight is 347 g/mol. The molecule has 1 heterocycles. The molecular weight excluding hydrogens is 336 g/mol. The molecule has 0 fully saturated rings. The van der Waals surface area contributed by atoms with Gasteiger partial charge in [-0.25, -0.2) is 13.6 Å². The summed E-state index contributed by atoms with van der Waals surface area (Å²) in [6.45, 7) is -0.739. The van der Waals surface area contributed by atoms with Crippen LogP contribution in [0.3, 0.4) is 0 Å². The number of carbonyl (C=O) groups excluding carboxylic acids is 3. The lowest BCUT2D eigenvalue weighted by atomic mass is 10.1. The van der Waals surface area contributed by atoms with Gasteiger partial charge in [0.15, 0.2) is 6.61 Å². The molecule has 0 saturated heterocycles. The van der Waals surface area contributed by atoms with E-state index in [-0.39, 0.29) is 22.4 Å². The van der Waals surface area contributed by atoms with Crippen molar-refractivity contribution in [3.63, 3.8) is 0 Å². The number of hydrogen-bond donors (Lipinski definition) is 0. The predicted molar refractivity (Wildman–Crippen MR) is 79.9 cm³/mol. The molecule has 0 unspecified atom stereocenters. The molecule has 6 nitrogen and oxygen atoms in total. The monoisotopic (exact) mass is 347 g/mol. The number of halogens is 2. The van der Waals surface area contributed by atoms with Crippen LogP contribution in [0, 0.1) is 0 Å². The first-order valence-electron chi connectivity index (χ1n) is 7.17. The number of para-hydroxylation sites is 1. The largest absolute Gasteiger partial charge is 0.481 e. The third-order valence-corrected chi connectivity index (χ3v) is 3.45. The highest BCUT2D eigenvalue weighted by Crippen LogP contribution is 2.28. The van der Waals surface area contributed by atoms with Crippen LogP contribution in [0.5, 0.6) is 5.75 Å². The van der Waals surface area contributed by atoms with E-state index in [4.69, 9.17) is 9.57 Å². The highest BCUT2D eigenvalue weighted by Gasteiger charge is 2.38. The zero-order valence-corrected chi connectivity index (χ0v) is 12.6. The Hall–Kier alpha value is -3.29. The van der Waals surface area contributed by atoms with Gasteiger partial charge in [0.05, 0.1) is 16.7 Å². The van der Waals surface area contributed by atoms with Crippen molar-refractivity contribution in [2.24, 2.45) is 0 Å². The van der Waals surface area contributed by atoms with Gasteiger partial charge in [-0.1, -0.05) is 29.3 Å². The minimum atomic E-state index is -2.77. The van der Waals surface area contributed by atoms with E-state index in [1.54, 1.807) is 12.1 Å². The van der Waals surface area contributed by atoms with Gasteiger partial charge in [-0.05, 0) is 24.3 Å². The molecule has 1 aliphatic heterocycles. The molecular formula is C17H11F2NO5. The average Bonchev–Trinajstić information content (AvgIpc) is 2.85. The highest BCUT2D eigenvalue weighted by molar-refractivity contribution is 6.20. The lowest BCUT2D eigenvalue weighted by molar-refractivity contribution is -0.170. The number of ether oxygens (including phenoxy) is 1. The third kappa shape index (κ3) is 3.18. The van der Waals surface area contributed by atoms with Crippen LogP contribution in [0.4, 0.5) is 8.78 Å². The molecule has 8 heteroatoms. The quantitative estimate of drug-likeness (QED) is 0.778. The van der Waals surface area contributed by atoms with Crippen LogP contribution in [-0.4, -0.2) is 29.5 Å². The molecule has 25 heavy (non-hydrogen) atoms. The zero-order chi connectivity index (χ0) is 18.0. The smallest absolute Gasteiger partial charge is 0.370 e. The molecule has 0 aromatic heterocycles. The number of alkyl halides is 2. The summed E-state index contributed by atoms with van der Waals surface area (Å²) < 4.78 is 30.7. The number of carbonyl (C=O) groups is 3. The Kier molecular flexibility index (Phi) is 4.42. The lowest BCUT2D eigenvalue weighted by Crippen LogP contribution is -2.34. The van der Waals surface area contributed by atoms with Crippen LogP contribution < -0.4 is 4.74 Å². The van der Waals surface area contributed by atoms with Gasteiger partial charge in [0.2, 0.25) is 0 Å². The molecule has 0 N–H and O–H groups in total. The molecule has 0 atom stereocenters. The van der Waals surface area contributed by atoms with Crippen molar-refractivity contribution < 1.29 is 32.7 Å². The van der Waals surface area contributed by atoms with E-state index in [2.05, 4.69) is 0 Å². The molecule has 0 spiro atoms. The van der Waals surface area contributed by atoms with Gasteiger partial charge in [-0.3, -0.25) is 9.59 Å². The van der Waals surface area contributed by atoms with Crippen molar-refractivity contribution in [3.8, 4) is 5.75 Å². The van der Waals surface area contributed by atoms with Gasteiger partial charge >= 0.3 is 5.97 Å². The third-order valence-electron chi connectivity index (χ3n) is 3.45. The molecule has 1 aliphatic rings. The number of nitrogens with zero attached hydrogens (tertiary/aromatic N) is 1. The maximum atomic E-state index is 12.8. The number of amides is 2. The molecule has 0 aliphatic carbocycles. The standard InChI is InChI=1S/C17H11F2NO5/c18-15(19)12-7-3-4-8-13(12)24-9-14(21)25-20-16(22)10-5-1-2-6-11(10)17(20)23/h1-8,15H,9H2. The summed E-state index contributed by atoms with van der Waals surface area (Å²) >= 11 is 0. The summed E-state index contributed by atoms with van der Waals surface area (Å²) in [5.41, 5.74) is -0.149. The van der Waals surface area contributed by atoms with E-state index in [9.17, 15) is 23.2 Å². The summed E-state index contributed by atoms with van der Waals surface area (Å²) in [7, 11) is 0. The number of hydroxylamine groups is 2. The lowest BCUT2D eigenvalue weighted by Gasteiger charge is -2.14. The van der Waals surface area contributed by atoms with Gasteiger partial charge in [0.1, 0.15) is 5.75 Å². The Balaban J connectivity index is 1.65. The van der Waals surface area contributed by atoms with Gasteiger partial charge in [-0.2, -0.15) is 0 Å². The van der Waals surface area contributed by atoms with Gasteiger partial charge in [-0.15, -0.1) is 0 Å².